The molecule has 0 saturated heterocycles. The van der Waals surface area contributed by atoms with E-state index in [9.17, 15) is 14.9 Å². The first-order chi connectivity index (χ1) is 9.50. The number of carbonyl (C=O) groups is 1. The summed E-state index contributed by atoms with van der Waals surface area (Å²) in [5.41, 5.74) is 0.729. The molecule has 1 unspecified atom stereocenters. The van der Waals surface area contributed by atoms with Crippen LogP contribution in [0.25, 0.3) is 10.9 Å². The van der Waals surface area contributed by atoms with E-state index in [1.54, 1.807) is 30.5 Å². The number of carboxylic acid groups (broad SMARTS) is 1. The molecule has 0 aliphatic carbocycles. The van der Waals surface area contributed by atoms with Crippen molar-refractivity contribution in [3.63, 3.8) is 0 Å². The third-order valence-corrected chi connectivity index (χ3v) is 2.96. The van der Waals surface area contributed by atoms with Crippen LogP contribution in [0.3, 0.4) is 0 Å². The SMILES string of the molecule is CC(CNc1ccc2ncccc2c1[N+](=O)[O-])C(=O)O. The molecule has 0 radical (unpaired) electrons. The summed E-state index contributed by atoms with van der Waals surface area (Å²) in [4.78, 5) is 25.6. The van der Waals surface area contributed by atoms with Crippen LogP contribution < -0.4 is 5.32 Å². The Morgan fingerprint density at radius 2 is 2.25 bits per heavy atom. The van der Waals surface area contributed by atoms with Crippen molar-refractivity contribution in [1.29, 1.82) is 0 Å². The van der Waals surface area contributed by atoms with Gasteiger partial charge in [0.25, 0.3) is 0 Å². The lowest BCUT2D eigenvalue weighted by atomic mass is 10.1. The van der Waals surface area contributed by atoms with Crippen molar-refractivity contribution in [2.45, 2.75) is 6.92 Å². The van der Waals surface area contributed by atoms with Crippen LogP contribution in [-0.4, -0.2) is 27.5 Å². The van der Waals surface area contributed by atoms with E-state index in [-0.39, 0.29) is 12.2 Å². The number of nitrogens with zero attached hydrogens (tertiary/aromatic N) is 2. The van der Waals surface area contributed by atoms with Crippen molar-refractivity contribution in [3.05, 3.63) is 40.6 Å². The van der Waals surface area contributed by atoms with E-state index in [2.05, 4.69) is 10.3 Å². The number of carboxylic acids is 1. The molecule has 1 atom stereocenters. The highest BCUT2D eigenvalue weighted by Gasteiger charge is 2.20. The molecule has 1 heterocycles. The Hall–Kier alpha value is -2.70. The summed E-state index contributed by atoms with van der Waals surface area (Å²) in [5.74, 6) is -1.60. The molecule has 7 nitrogen and oxygen atoms in total. The summed E-state index contributed by atoms with van der Waals surface area (Å²) in [7, 11) is 0. The number of nitro benzene ring substituents is 1. The van der Waals surface area contributed by atoms with E-state index in [0.717, 1.165) is 0 Å². The Bertz CT molecular complexity index is 672. The molecule has 0 aliphatic rings. The van der Waals surface area contributed by atoms with Gasteiger partial charge in [-0.2, -0.15) is 0 Å². The molecule has 0 spiro atoms. The van der Waals surface area contributed by atoms with Crippen LogP contribution in [-0.2, 0) is 4.79 Å². The zero-order valence-corrected chi connectivity index (χ0v) is 10.7. The topological polar surface area (TPSA) is 105 Å². The monoisotopic (exact) mass is 275 g/mol. The fourth-order valence-electron chi connectivity index (χ4n) is 1.83. The minimum absolute atomic E-state index is 0.0896. The molecule has 2 aromatic rings. The Morgan fingerprint density at radius 1 is 1.50 bits per heavy atom. The normalized spacial score (nSPS) is 12.1. The summed E-state index contributed by atoms with van der Waals surface area (Å²) in [6.45, 7) is 1.64. The van der Waals surface area contributed by atoms with Gasteiger partial charge in [0.15, 0.2) is 0 Å². The molecule has 2 N–H and O–H groups in total. The molecule has 1 aromatic heterocycles. The smallest absolute Gasteiger partial charge is 0.308 e. The molecule has 0 aliphatic heterocycles. The summed E-state index contributed by atoms with van der Waals surface area (Å²) in [6, 6.07) is 6.45. The van der Waals surface area contributed by atoms with Crippen molar-refractivity contribution in [2.75, 3.05) is 11.9 Å². The first kappa shape index (κ1) is 13.7. The summed E-state index contributed by atoms with van der Waals surface area (Å²) < 4.78 is 0. The second-order valence-corrected chi connectivity index (χ2v) is 4.41. The first-order valence-electron chi connectivity index (χ1n) is 5.99. The van der Waals surface area contributed by atoms with Gasteiger partial charge in [0.1, 0.15) is 5.69 Å². The average Bonchev–Trinajstić information content (AvgIpc) is 2.43. The predicted octanol–water partition coefficient (Wildman–Crippen LogP) is 2.28. The summed E-state index contributed by atoms with van der Waals surface area (Å²) in [6.07, 6.45) is 1.56. The van der Waals surface area contributed by atoms with Crippen LogP contribution in [0.2, 0.25) is 0 Å². The zero-order valence-electron chi connectivity index (χ0n) is 10.7. The number of nitro groups is 1. The number of fused-ring (bicyclic) bond motifs is 1. The molecule has 7 heteroatoms. The van der Waals surface area contributed by atoms with Gasteiger partial charge >= 0.3 is 11.7 Å². The quantitative estimate of drug-likeness (QED) is 0.640. The summed E-state index contributed by atoms with van der Waals surface area (Å²) in [5, 5.41) is 23.3. The third kappa shape index (κ3) is 2.66. The minimum Gasteiger partial charge on any atom is -0.481 e. The lowest BCUT2D eigenvalue weighted by Crippen LogP contribution is -2.20. The Labute approximate surface area is 114 Å². The van der Waals surface area contributed by atoms with Crippen molar-refractivity contribution in [2.24, 2.45) is 5.92 Å². The van der Waals surface area contributed by atoms with Crippen LogP contribution in [0, 0.1) is 16.0 Å². The molecule has 0 fully saturated rings. The molecule has 0 saturated carbocycles. The first-order valence-corrected chi connectivity index (χ1v) is 5.99. The number of nitrogens with one attached hydrogen (secondary N) is 1. The van der Waals surface area contributed by atoms with Gasteiger partial charge < -0.3 is 10.4 Å². The largest absolute Gasteiger partial charge is 0.481 e. The molecule has 20 heavy (non-hydrogen) atoms. The minimum atomic E-state index is -0.956. The number of hydrogen-bond acceptors (Lipinski definition) is 5. The number of anilines is 1. The second-order valence-electron chi connectivity index (χ2n) is 4.41. The Kier molecular flexibility index (Phi) is 3.79. The van der Waals surface area contributed by atoms with Crippen molar-refractivity contribution in [3.8, 4) is 0 Å². The molecule has 2 rings (SSSR count). The number of benzene rings is 1. The van der Waals surface area contributed by atoms with Gasteiger partial charge in [-0.3, -0.25) is 19.9 Å². The van der Waals surface area contributed by atoms with E-state index in [1.165, 1.54) is 6.92 Å². The maximum atomic E-state index is 11.2. The zero-order chi connectivity index (χ0) is 14.7. The van der Waals surface area contributed by atoms with Crippen LogP contribution in [0.5, 0.6) is 0 Å². The fraction of sp³-hybridized carbons (Fsp3) is 0.231. The van der Waals surface area contributed by atoms with E-state index < -0.39 is 16.8 Å². The van der Waals surface area contributed by atoms with Crippen LogP contribution in [0.15, 0.2) is 30.5 Å². The molecule has 104 valence electrons. The van der Waals surface area contributed by atoms with E-state index in [4.69, 9.17) is 5.11 Å². The van der Waals surface area contributed by atoms with E-state index >= 15 is 0 Å². The Balaban J connectivity index is 2.40. The van der Waals surface area contributed by atoms with Gasteiger partial charge in [-0.25, -0.2) is 0 Å². The van der Waals surface area contributed by atoms with Crippen molar-refractivity contribution >= 4 is 28.2 Å². The van der Waals surface area contributed by atoms with Gasteiger partial charge in [0.2, 0.25) is 0 Å². The number of aromatic nitrogens is 1. The maximum absolute atomic E-state index is 11.2. The highest BCUT2D eigenvalue weighted by atomic mass is 16.6. The van der Waals surface area contributed by atoms with E-state index in [1.807, 2.05) is 0 Å². The van der Waals surface area contributed by atoms with Crippen LogP contribution in [0.4, 0.5) is 11.4 Å². The highest BCUT2D eigenvalue weighted by Crippen LogP contribution is 2.32. The Morgan fingerprint density at radius 3 is 2.90 bits per heavy atom. The van der Waals surface area contributed by atoms with Crippen LogP contribution >= 0.6 is 0 Å². The van der Waals surface area contributed by atoms with Gasteiger partial charge in [-0.1, -0.05) is 6.92 Å². The average molecular weight is 275 g/mol. The van der Waals surface area contributed by atoms with Crippen molar-refractivity contribution < 1.29 is 14.8 Å². The second kappa shape index (κ2) is 5.52. The highest BCUT2D eigenvalue weighted by molar-refractivity contribution is 5.94. The molecular formula is C13H13N3O4. The molecule has 0 bridgehead atoms. The lowest BCUT2D eigenvalue weighted by molar-refractivity contribution is -0.382. The predicted molar refractivity (Wildman–Crippen MR) is 73.7 cm³/mol. The lowest BCUT2D eigenvalue weighted by Gasteiger charge is -2.11. The molecule has 1 aromatic carbocycles. The number of pyridine rings is 1. The van der Waals surface area contributed by atoms with Crippen molar-refractivity contribution in [1.82, 2.24) is 4.98 Å². The summed E-state index contributed by atoms with van der Waals surface area (Å²) >= 11 is 0. The van der Waals surface area contributed by atoms with Gasteiger partial charge in [-0.05, 0) is 24.3 Å². The fourth-order valence-corrected chi connectivity index (χ4v) is 1.83. The molecule has 0 amide bonds. The van der Waals surface area contributed by atoms with Crippen LogP contribution in [0.1, 0.15) is 6.92 Å². The number of aliphatic carboxylic acids is 1. The van der Waals surface area contributed by atoms with Gasteiger partial charge in [0.05, 0.1) is 21.7 Å². The standard InChI is InChI=1S/C13H13N3O4/c1-8(13(17)18)7-15-11-5-4-10-9(3-2-6-14-10)12(11)16(19)20/h2-6,8,15H,7H2,1H3,(H,17,18). The third-order valence-electron chi connectivity index (χ3n) is 2.96. The van der Waals surface area contributed by atoms with Gasteiger partial charge in [-0.15, -0.1) is 0 Å². The van der Waals surface area contributed by atoms with Gasteiger partial charge in [0, 0.05) is 12.7 Å². The maximum Gasteiger partial charge on any atom is 0.308 e. The molecular weight excluding hydrogens is 262 g/mol. The number of hydrogen-bond donors (Lipinski definition) is 2. The number of rotatable bonds is 5. The van der Waals surface area contributed by atoms with E-state index in [0.29, 0.717) is 16.6 Å².